The van der Waals surface area contributed by atoms with Crippen LogP contribution in [0.4, 0.5) is 56.9 Å². The van der Waals surface area contributed by atoms with E-state index in [0.29, 0.717) is 64.0 Å². The van der Waals surface area contributed by atoms with E-state index in [0.717, 1.165) is 30.3 Å². The minimum absolute atomic E-state index is 0.0131. The summed E-state index contributed by atoms with van der Waals surface area (Å²) in [4.78, 5) is -1.93. The van der Waals surface area contributed by atoms with Crippen molar-refractivity contribution in [1.82, 2.24) is 0 Å². The summed E-state index contributed by atoms with van der Waals surface area (Å²) >= 11 is 1.28. The summed E-state index contributed by atoms with van der Waals surface area (Å²) in [6.07, 6.45) is 0. The van der Waals surface area contributed by atoms with E-state index in [1.54, 1.807) is 26.0 Å². The number of nitrogens with one attached hydrogen (secondary N) is 1. The van der Waals surface area contributed by atoms with Crippen molar-refractivity contribution in [3.8, 4) is 23.0 Å². The number of aliphatic hydroxyl groups is 2. The molecule has 11 N–H and O–H groups in total. The van der Waals surface area contributed by atoms with Crippen LogP contribution in [0.5, 0.6) is 23.0 Å². The number of anilines is 2. The number of nitrogens with zero attached hydrogens (tertiary/aromatic N) is 8. The first kappa shape index (κ1) is 67.0. The Kier molecular flexibility index (Phi) is 22.2. The van der Waals surface area contributed by atoms with E-state index in [4.69, 9.17) is 29.6 Å². The Hall–Kier alpha value is -7.98. The highest BCUT2D eigenvalue weighted by atomic mass is 32.2. The Labute approximate surface area is 514 Å². The van der Waals surface area contributed by atoms with Gasteiger partial charge in [0, 0.05) is 27.0 Å². The zero-order valence-electron chi connectivity index (χ0n) is 44.9. The predicted octanol–water partition coefficient (Wildman–Crippen LogP) is 13.2. The van der Waals surface area contributed by atoms with E-state index < -0.39 is 81.1 Å². The van der Waals surface area contributed by atoms with Crippen molar-refractivity contribution in [2.24, 2.45) is 40.9 Å². The van der Waals surface area contributed by atoms with Crippen LogP contribution in [-0.2, 0) is 58.5 Å². The first-order chi connectivity index (χ1) is 42.4. The molecule has 0 amide bonds. The van der Waals surface area contributed by atoms with Gasteiger partial charge in [-0.05, 0) is 145 Å². The second kappa shape index (κ2) is 29.6. The van der Waals surface area contributed by atoms with E-state index >= 15 is 0 Å². The first-order valence-electron chi connectivity index (χ1n) is 24.4. The molecule has 0 radical (unpaired) electrons. The molecule has 0 spiro atoms. The molecule has 33 nitrogen and oxygen atoms in total. The lowest BCUT2D eigenvalue weighted by molar-refractivity contribution is -0.432. The smallest absolute Gasteiger partial charge is 0.296 e. The van der Waals surface area contributed by atoms with Crippen LogP contribution < -0.4 is 14.8 Å². The molecule has 0 aliphatic carbocycles. The number of phenols is 2. The Morgan fingerprint density at radius 3 is 1.42 bits per heavy atom. The minimum atomic E-state index is -5.19. The molecule has 0 saturated carbocycles. The fraction of sp³-hybridized carbons (Fsp3) is 0.120. The highest BCUT2D eigenvalue weighted by molar-refractivity contribution is 7.95. The molecule has 0 fully saturated rings. The molecule has 468 valence electrons. The maximum Gasteiger partial charge on any atom is 0.296 e. The molecule has 0 aliphatic rings. The maximum atomic E-state index is 13.0. The number of aromatic hydroxyl groups is 2. The Balaban J connectivity index is 1.11. The molecule has 0 heterocycles. The van der Waals surface area contributed by atoms with Gasteiger partial charge in [-0.15, -0.1) is 53.9 Å². The van der Waals surface area contributed by atoms with Gasteiger partial charge in [0.15, 0.2) is 23.0 Å². The highest BCUT2D eigenvalue weighted by Gasteiger charge is 2.25. The number of hydrogen-bond acceptors (Lipinski definition) is 33. The van der Waals surface area contributed by atoms with E-state index in [2.05, 4.69) is 70.0 Å². The molecule has 89 heavy (non-hydrogen) atoms. The number of benzene rings is 8. The number of ether oxygens (including phenoxy) is 2. The maximum absolute atomic E-state index is 13.0. The van der Waals surface area contributed by atoms with Gasteiger partial charge < -0.3 is 35.2 Å². The molecule has 8 aromatic carbocycles. The largest absolute Gasteiger partial charge is 0.505 e. The van der Waals surface area contributed by atoms with Crippen molar-refractivity contribution in [3.63, 3.8) is 0 Å². The molecule has 8 rings (SSSR count). The Morgan fingerprint density at radius 2 is 0.910 bits per heavy atom. The molecule has 0 aromatic heterocycles. The number of azo groups is 4. The number of fused-ring (bicyclic) bond motifs is 2. The second-order valence-electron chi connectivity index (χ2n) is 17.7. The monoisotopic (exact) mass is 1350 g/mol. The molecular weight excluding hydrogens is 1300 g/mol. The van der Waals surface area contributed by atoms with Crippen LogP contribution in [0, 0.1) is 13.8 Å². The van der Waals surface area contributed by atoms with Gasteiger partial charge in [-0.25, -0.2) is 15.8 Å². The normalized spacial score (nSPS) is 12.5. The van der Waals surface area contributed by atoms with Crippen molar-refractivity contribution in [2.75, 3.05) is 31.7 Å². The summed E-state index contributed by atoms with van der Waals surface area (Å²) < 4.78 is 129. The molecule has 8 aromatic rings. The van der Waals surface area contributed by atoms with Gasteiger partial charge >= 0.3 is 0 Å². The van der Waals surface area contributed by atoms with Crippen LogP contribution in [0.25, 0.3) is 21.5 Å². The quantitative estimate of drug-likeness (QED) is 0.00713. The lowest BCUT2D eigenvalue weighted by Gasteiger charge is -2.14. The van der Waals surface area contributed by atoms with Gasteiger partial charge in [0.1, 0.15) is 68.5 Å². The zero-order chi connectivity index (χ0) is 64.2. The Morgan fingerprint density at radius 1 is 0.449 bits per heavy atom. The van der Waals surface area contributed by atoms with Gasteiger partial charge in [0.2, 0.25) is 0 Å². The van der Waals surface area contributed by atoms with Crippen LogP contribution >= 0.6 is 36.1 Å². The molecule has 0 bridgehead atoms. The minimum Gasteiger partial charge on any atom is -0.505 e. The second-order valence-corrected chi connectivity index (χ2v) is 24.2. The molecular formula is C50H43N9O24S6. The molecule has 0 atom stereocenters. The third-order valence-corrected chi connectivity index (χ3v) is 16.2. The molecule has 0 saturated heterocycles. The first-order valence-corrected chi connectivity index (χ1v) is 30.9. The van der Waals surface area contributed by atoms with Crippen LogP contribution in [0.1, 0.15) is 11.1 Å². The van der Waals surface area contributed by atoms with Gasteiger partial charge in [-0.2, -0.15) is 25.3 Å². The van der Waals surface area contributed by atoms with E-state index in [9.17, 15) is 59.3 Å². The number of hydrogen-bond donors (Lipinski definition) is 11. The number of aryl methyl sites for hydroxylation is 2. The third-order valence-electron chi connectivity index (χ3n) is 11.7. The van der Waals surface area contributed by atoms with Gasteiger partial charge in [0.25, 0.3) is 30.4 Å². The zero-order valence-corrected chi connectivity index (χ0v) is 49.8. The predicted molar refractivity (Wildman–Crippen MR) is 313 cm³/mol. The fourth-order valence-corrected chi connectivity index (χ4v) is 11.1. The van der Waals surface area contributed by atoms with Gasteiger partial charge in [-0.3, -0.25) is 13.7 Å². The van der Waals surface area contributed by atoms with Crippen LogP contribution in [0.3, 0.4) is 0 Å². The van der Waals surface area contributed by atoms with Crippen molar-refractivity contribution in [1.29, 1.82) is 0 Å². The van der Waals surface area contributed by atoms with Crippen molar-refractivity contribution in [2.45, 2.75) is 43.2 Å². The topological polar surface area (TPSA) is 489 Å². The average Bonchev–Trinajstić information content (AvgIpc) is 0.854. The SMILES string of the molecule is Cc1cc(/N=N/c2cc(S(=O)(=O)O)ccc2SOOO)c(OCCO)c(/N=N/c2c(SOOO)cc3cc(Nc4ccc5c(O)c(/N=N/c6cc(C)cc(/N=N/c7cc(SOOO)ccc7S(=O)(=O)O)c6OCCO)c(S(=O)(=O)O)cc5c4)ccc3c2O)c1. The van der Waals surface area contributed by atoms with Crippen LogP contribution in [0.2, 0.25) is 0 Å². The molecule has 0 unspecified atom stereocenters. The van der Waals surface area contributed by atoms with Gasteiger partial charge in [-0.1, -0.05) is 15.1 Å². The summed E-state index contributed by atoms with van der Waals surface area (Å²) in [7, 11) is -14.8. The summed E-state index contributed by atoms with van der Waals surface area (Å²) in [6.45, 7) is 1.53. The van der Waals surface area contributed by atoms with Crippen LogP contribution in [0.15, 0.2) is 179 Å². The summed E-state index contributed by atoms with van der Waals surface area (Å²) in [5.74, 6) is -1.57. The number of phenolic OH excluding ortho intramolecular Hbond substituents is 2. The third kappa shape index (κ3) is 16.9. The Bertz CT molecular complexity index is 4470. The number of aliphatic hydroxyl groups excluding tert-OH is 2. The van der Waals surface area contributed by atoms with Crippen molar-refractivity contribution in [3.05, 3.63) is 120 Å². The molecule has 0 aliphatic heterocycles. The van der Waals surface area contributed by atoms with Crippen LogP contribution in [-0.4, -0.2) is 102 Å². The lowest BCUT2D eigenvalue weighted by atomic mass is 10.1. The highest BCUT2D eigenvalue weighted by Crippen LogP contribution is 2.49. The average molecular weight is 1350 g/mol. The number of rotatable bonds is 28. The fourth-order valence-electron chi connectivity index (χ4n) is 8.07. The summed E-state index contributed by atoms with van der Waals surface area (Å²) in [5, 5.41) is 117. The van der Waals surface area contributed by atoms with Crippen molar-refractivity contribution < 1.29 is 113 Å². The molecule has 39 heteroatoms. The van der Waals surface area contributed by atoms with E-state index in [1.807, 2.05) is 0 Å². The standard InChI is InChI=1S/C50H43N9O24S6/c1-25-15-37(54-52-35-24-32(87(67,68)69)6-9-41(35)85-82-79-65)49(76-13-11-60)39(17-25)56-58-45-42(86-83-80-66)21-27-19-29(3-7-33(27)47(45)62)51-30-4-8-34-28(20-30)22-44(89(73,74)75)46(48(34)63)59-57-40-18-26(2)16-38(50(40)77-14-12-61)55-53-36-23-31(84-81-78-64)5-10-43(36)88(70,71)72/h3-10,15-24,51,60-66H,11-14H2,1-2H3,(H,67,68,69)(H,70,71,72)(H,73,74,75)/b54-52+,55-53+,58-56+,59-57+. The van der Waals surface area contributed by atoms with Gasteiger partial charge in [0.05, 0.1) is 64.0 Å². The van der Waals surface area contributed by atoms with Crippen molar-refractivity contribution >= 4 is 145 Å². The lowest BCUT2D eigenvalue weighted by Crippen LogP contribution is -2.02. The summed E-state index contributed by atoms with van der Waals surface area (Å²) in [5.41, 5.74) is -0.384. The van der Waals surface area contributed by atoms with E-state index in [1.165, 1.54) is 66.7 Å². The van der Waals surface area contributed by atoms with E-state index in [-0.39, 0.29) is 89.7 Å². The summed E-state index contributed by atoms with van der Waals surface area (Å²) in [6, 6.07) is 23.7.